The van der Waals surface area contributed by atoms with Crippen LogP contribution in [-0.4, -0.2) is 26.4 Å². The largest absolute Gasteiger partial charge is 0.486 e. The van der Waals surface area contributed by atoms with Crippen LogP contribution in [0.15, 0.2) is 53.1 Å². The monoisotopic (exact) mass is 369 g/mol. The minimum absolute atomic E-state index is 0.0855. The molecule has 0 amide bonds. The Kier molecular flexibility index (Phi) is 4.06. The van der Waals surface area contributed by atoms with E-state index in [-0.39, 0.29) is 12.3 Å². The van der Waals surface area contributed by atoms with Crippen LogP contribution in [0.4, 0.5) is 0 Å². The summed E-state index contributed by atoms with van der Waals surface area (Å²) in [6.45, 7) is 0.125. The quantitative estimate of drug-likeness (QED) is 0.548. The van der Waals surface area contributed by atoms with Gasteiger partial charge in [0.15, 0.2) is 11.5 Å². The van der Waals surface area contributed by atoms with E-state index in [0.717, 1.165) is 5.56 Å². The lowest BCUT2D eigenvalue weighted by Gasteiger charge is -2.05. The van der Waals surface area contributed by atoms with Crippen molar-refractivity contribution in [2.75, 3.05) is 0 Å². The molecule has 130 valence electrons. The van der Waals surface area contributed by atoms with Crippen LogP contribution in [0.2, 0.25) is 5.02 Å². The standard InChI is InChI=1S/C18H12ClN3O4/c19-11-6-4-10(5-7-11)15-8-12(22-26-15)9-25-14-3-1-2-13-16(14)17(18(23)24)21-20-13/h1-8H,9H2,(H,20,21)(H,23,24). The first-order chi connectivity index (χ1) is 12.6. The molecule has 4 rings (SSSR count). The third-order valence-electron chi connectivity index (χ3n) is 3.82. The summed E-state index contributed by atoms with van der Waals surface area (Å²) in [4.78, 5) is 11.3. The van der Waals surface area contributed by atoms with Gasteiger partial charge in [0.1, 0.15) is 18.1 Å². The highest BCUT2D eigenvalue weighted by molar-refractivity contribution is 6.30. The summed E-state index contributed by atoms with van der Waals surface area (Å²) in [6.07, 6.45) is 0. The summed E-state index contributed by atoms with van der Waals surface area (Å²) in [6, 6.07) is 14.1. The minimum Gasteiger partial charge on any atom is -0.486 e. The number of rotatable bonds is 5. The average molecular weight is 370 g/mol. The molecule has 8 heteroatoms. The fourth-order valence-electron chi connectivity index (χ4n) is 2.60. The highest BCUT2D eigenvalue weighted by Crippen LogP contribution is 2.28. The molecule has 0 aliphatic carbocycles. The van der Waals surface area contributed by atoms with Crippen LogP contribution in [0.1, 0.15) is 16.2 Å². The Hall–Kier alpha value is -3.32. The molecule has 0 spiro atoms. The summed E-state index contributed by atoms with van der Waals surface area (Å²) in [5, 5.41) is 20.8. The molecule has 0 radical (unpaired) electrons. The number of aromatic carboxylic acids is 1. The van der Waals surface area contributed by atoms with Gasteiger partial charge in [-0.15, -0.1) is 0 Å². The lowest BCUT2D eigenvalue weighted by Crippen LogP contribution is -2.00. The number of H-pyrrole nitrogens is 1. The van der Waals surface area contributed by atoms with Crippen molar-refractivity contribution in [3.05, 3.63) is 64.9 Å². The number of aromatic amines is 1. The molecule has 0 saturated carbocycles. The van der Waals surface area contributed by atoms with E-state index in [4.69, 9.17) is 20.9 Å². The normalized spacial score (nSPS) is 11.0. The Morgan fingerprint density at radius 3 is 2.81 bits per heavy atom. The van der Waals surface area contributed by atoms with Gasteiger partial charge in [-0.05, 0) is 36.4 Å². The van der Waals surface area contributed by atoms with Crippen molar-refractivity contribution >= 4 is 28.5 Å². The predicted molar refractivity (Wildman–Crippen MR) is 94.3 cm³/mol. The number of hydrogen-bond donors (Lipinski definition) is 2. The zero-order valence-electron chi connectivity index (χ0n) is 13.3. The lowest BCUT2D eigenvalue weighted by molar-refractivity contribution is 0.0692. The molecule has 2 N–H and O–H groups in total. The van der Waals surface area contributed by atoms with Gasteiger partial charge in [0, 0.05) is 16.7 Å². The Balaban J connectivity index is 1.57. The van der Waals surface area contributed by atoms with Crippen LogP contribution < -0.4 is 4.74 Å². The molecule has 7 nitrogen and oxygen atoms in total. The van der Waals surface area contributed by atoms with Gasteiger partial charge in [-0.2, -0.15) is 5.10 Å². The number of ether oxygens (including phenoxy) is 1. The molecule has 2 aromatic heterocycles. The van der Waals surface area contributed by atoms with Crippen molar-refractivity contribution in [1.29, 1.82) is 0 Å². The van der Waals surface area contributed by atoms with Crippen molar-refractivity contribution < 1.29 is 19.2 Å². The van der Waals surface area contributed by atoms with E-state index in [1.165, 1.54) is 0 Å². The topological polar surface area (TPSA) is 101 Å². The van der Waals surface area contributed by atoms with Crippen LogP contribution in [0, 0.1) is 0 Å². The predicted octanol–water partition coefficient (Wildman–Crippen LogP) is 4.15. The molecular weight excluding hydrogens is 358 g/mol. The number of carboxylic acid groups (broad SMARTS) is 1. The van der Waals surface area contributed by atoms with E-state index in [0.29, 0.717) is 33.1 Å². The third-order valence-corrected chi connectivity index (χ3v) is 4.07. The number of halogens is 1. The van der Waals surface area contributed by atoms with Gasteiger partial charge in [0.2, 0.25) is 0 Å². The molecule has 2 heterocycles. The van der Waals surface area contributed by atoms with E-state index in [1.807, 2.05) is 12.1 Å². The first-order valence-electron chi connectivity index (χ1n) is 7.66. The maximum Gasteiger partial charge on any atom is 0.357 e. The number of nitrogens with zero attached hydrogens (tertiary/aromatic N) is 2. The summed E-state index contributed by atoms with van der Waals surface area (Å²) in [5.41, 5.74) is 1.92. The highest BCUT2D eigenvalue weighted by Gasteiger charge is 2.17. The number of hydrogen-bond acceptors (Lipinski definition) is 5. The zero-order chi connectivity index (χ0) is 18.1. The molecule has 0 saturated heterocycles. The van der Waals surface area contributed by atoms with E-state index < -0.39 is 5.97 Å². The molecule has 0 unspecified atom stereocenters. The maximum atomic E-state index is 11.3. The Bertz CT molecular complexity index is 1090. The Morgan fingerprint density at radius 2 is 2.04 bits per heavy atom. The number of nitrogens with one attached hydrogen (secondary N) is 1. The second-order valence-corrected chi connectivity index (χ2v) is 5.97. The van der Waals surface area contributed by atoms with Crippen LogP contribution >= 0.6 is 11.6 Å². The van der Waals surface area contributed by atoms with E-state index in [9.17, 15) is 9.90 Å². The van der Waals surface area contributed by atoms with Gasteiger partial charge in [-0.1, -0.05) is 22.8 Å². The third kappa shape index (κ3) is 3.00. The first kappa shape index (κ1) is 16.2. The van der Waals surface area contributed by atoms with E-state index in [2.05, 4.69) is 15.4 Å². The summed E-state index contributed by atoms with van der Waals surface area (Å²) in [5.74, 6) is -0.128. The second-order valence-electron chi connectivity index (χ2n) is 5.53. The molecule has 0 fully saturated rings. The molecule has 0 aliphatic heterocycles. The van der Waals surface area contributed by atoms with Crippen LogP contribution in [0.25, 0.3) is 22.2 Å². The number of carbonyl (C=O) groups is 1. The molecular formula is C18H12ClN3O4. The van der Waals surface area contributed by atoms with E-state index >= 15 is 0 Å². The van der Waals surface area contributed by atoms with Crippen molar-refractivity contribution in [2.45, 2.75) is 6.61 Å². The van der Waals surface area contributed by atoms with Crippen molar-refractivity contribution in [3.63, 3.8) is 0 Å². The van der Waals surface area contributed by atoms with Crippen LogP contribution in [0.5, 0.6) is 5.75 Å². The van der Waals surface area contributed by atoms with Gasteiger partial charge >= 0.3 is 5.97 Å². The highest BCUT2D eigenvalue weighted by atomic mass is 35.5. The van der Waals surface area contributed by atoms with E-state index in [1.54, 1.807) is 36.4 Å². The maximum absolute atomic E-state index is 11.3. The smallest absolute Gasteiger partial charge is 0.357 e. The molecule has 4 aromatic rings. The number of benzene rings is 2. The fourth-order valence-corrected chi connectivity index (χ4v) is 2.72. The number of fused-ring (bicyclic) bond motifs is 1. The first-order valence-corrected chi connectivity index (χ1v) is 8.04. The number of aromatic nitrogens is 3. The van der Waals surface area contributed by atoms with Crippen molar-refractivity contribution in [3.8, 4) is 17.1 Å². The molecule has 2 aromatic carbocycles. The SMILES string of the molecule is O=C(O)c1n[nH]c2cccc(OCc3cc(-c4ccc(Cl)cc4)on3)c12. The van der Waals surface area contributed by atoms with Gasteiger partial charge in [-0.25, -0.2) is 4.79 Å². The van der Waals surface area contributed by atoms with Crippen LogP contribution in [0.3, 0.4) is 0 Å². The summed E-state index contributed by atoms with van der Waals surface area (Å²) >= 11 is 5.88. The van der Waals surface area contributed by atoms with Crippen LogP contribution in [-0.2, 0) is 6.61 Å². The minimum atomic E-state index is -1.13. The Morgan fingerprint density at radius 1 is 1.23 bits per heavy atom. The fraction of sp³-hybridized carbons (Fsp3) is 0.0556. The Labute approximate surface area is 152 Å². The van der Waals surface area contributed by atoms with Gasteiger partial charge in [0.05, 0.1) is 10.9 Å². The molecule has 0 atom stereocenters. The summed E-state index contributed by atoms with van der Waals surface area (Å²) in [7, 11) is 0. The average Bonchev–Trinajstić information content (AvgIpc) is 3.28. The van der Waals surface area contributed by atoms with Crippen molar-refractivity contribution in [2.24, 2.45) is 0 Å². The zero-order valence-corrected chi connectivity index (χ0v) is 14.0. The summed E-state index contributed by atoms with van der Waals surface area (Å²) < 4.78 is 11.1. The van der Waals surface area contributed by atoms with Gasteiger partial charge in [0.25, 0.3) is 0 Å². The van der Waals surface area contributed by atoms with Gasteiger partial charge < -0.3 is 14.4 Å². The second kappa shape index (κ2) is 6.53. The molecule has 0 aliphatic rings. The molecule has 26 heavy (non-hydrogen) atoms. The number of carboxylic acids is 1. The lowest BCUT2D eigenvalue weighted by atomic mass is 10.1. The molecule has 0 bridgehead atoms. The van der Waals surface area contributed by atoms with Crippen molar-refractivity contribution in [1.82, 2.24) is 15.4 Å². The van der Waals surface area contributed by atoms with Gasteiger partial charge in [-0.3, -0.25) is 5.10 Å².